The zero-order valence-electron chi connectivity index (χ0n) is 15.1. The number of carbonyl (C=O) groups is 1. The van der Waals surface area contributed by atoms with E-state index in [1.165, 1.54) is 32.4 Å². The number of imidazole rings is 1. The molecule has 10 nitrogen and oxygen atoms in total. The van der Waals surface area contributed by atoms with Gasteiger partial charge in [0.05, 0.1) is 19.0 Å². The highest BCUT2D eigenvalue weighted by atomic mass is 16.5. The summed E-state index contributed by atoms with van der Waals surface area (Å²) in [5.41, 5.74) is 1.12. The lowest BCUT2D eigenvalue weighted by Gasteiger charge is -2.20. The highest BCUT2D eigenvalue weighted by Gasteiger charge is 2.45. The molecule has 146 valence electrons. The predicted octanol–water partition coefficient (Wildman–Crippen LogP) is -0.0639. The molecule has 0 radical (unpaired) electrons. The number of aliphatic hydroxyl groups is 2. The highest BCUT2D eigenvalue weighted by molar-refractivity contribution is 5.82. The first-order valence-electron chi connectivity index (χ1n) is 9.24. The third kappa shape index (κ3) is 3.35. The smallest absolute Gasteiger partial charge is 0.217 e. The Bertz CT molecular complexity index is 821. The van der Waals surface area contributed by atoms with Crippen molar-refractivity contribution in [1.82, 2.24) is 24.8 Å². The lowest BCUT2D eigenvalue weighted by atomic mass is 10.1. The second-order valence-electron chi connectivity index (χ2n) is 7.14. The molecule has 0 unspecified atom stereocenters. The molecule has 0 spiro atoms. The van der Waals surface area contributed by atoms with Gasteiger partial charge in [-0.05, 0) is 12.8 Å². The first-order chi connectivity index (χ1) is 13.1. The molecular formula is C17H24N6O4. The number of amides is 1. The fourth-order valence-corrected chi connectivity index (χ4v) is 3.95. The van der Waals surface area contributed by atoms with Crippen LogP contribution >= 0.6 is 0 Å². The number of fused-ring (bicyclic) bond motifs is 1. The normalized spacial score (nSPS) is 28.7. The monoisotopic (exact) mass is 376 g/mol. The summed E-state index contributed by atoms with van der Waals surface area (Å²) in [5.74, 6) is 0.359. The van der Waals surface area contributed by atoms with Gasteiger partial charge in [-0.2, -0.15) is 0 Å². The molecule has 4 N–H and O–H groups in total. The summed E-state index contributed by atoms with van der Waals surface area (Å²) in [7, 11) is 0. The zero-order valence-corrected chi connectivity index (χ0v) is 15.1. The molecule has 1 saturated carbocycles. The molecule has 2 aliphatic rings. The molecule has 1 aliphatic heterocycles. The Kier molecular flexibility index (Phi) is 4.94. The number of anilines is 1. The molecule has 2 fully saturated rings. The van der Waals surface area contributed by atoms with Gasteiger partial charge in [0, 0.05) is 13.0 Å². The number of nitrogens with one attached hydrogen (secondary N) is 2. The van der Waals surface area contributed by atoms with Gasteiger partial charge in [-0.25, -0.2) is 15.0 Å². The minimum absolute atomic E-state index is 0.303. The van der Waals surface area contributed by atoms with Gasteiger partial charge in [-0.3, -0.25) is 9.36 Å². The summed E-state index contributed by atoms with van der Waals surface area (Å²) < 4.78 is 7.41. The summed E-state index contributed by atoms with van der Waals surface area (Å²) in [6.45, 7) is 1.03. The number of carbonyl (C=O) groups excluding carboxylic acids is 1. The Balaban J connectivity index is 1.63. The molecule has 1 saturated heterocycles. The van der Waals surface area contributed by atoms with Crippen LogP contribution in [0.15, 0.2) is 12.7 Å². The second-order valence-corrected chi connectivity index (χ2v) is 7.14. The Labute approximate surface area is 156 Å². The van der Waals surface area contributed by atoms with E-state index in [9.17, 15) is 15.0 Å². The van der Waals surface area contributed by atoms with Gasteiger partial charge >= 0.3 is 0 Å². The quantitative estimate of drug-likeness (QED) is 0.570. The minimum Gasteiger partial charge on any atom is -0.394 e. The number of ether oxygens (including phenoxy) is 1. The van der Waals surface area contributed by atoms with Gasteiger partial charge in [0.1, 0.15) is 18.5 Å². The van der Waals surface area contributed by atoms with Crippen molar-refractivity contribution in [2.24, 2.45) is 0 Å². The average molecular weight is 376 g/mol. The molecule has 3 heterocycles. The van der Waals surface area contributed by atoms with Gasteiger partial charge in [-0.1, -0.05) is 12.8 Å². The molecule has 0 aromatic carbocycles. The van der Waals surface area contributed by atoms with Crippen LogP contribution in [-0.4, -0.2) is 66.5 Å². The molecule has 1 aliphatic carbocycles. The van der Waals surface area contributed by atoms with E-state index in [0.29, 0.717) is 23.0 Å². The van der Waals surface area contributed by atoms with E-state index in [1.807, 2.05) is 0 Å². The lowest BCUT2D eigenvalue weighted by Crippen LogP contribution is -2.47. The van der Waals surface area contributed by atoms with Crippen LogP contribution in [0.1, 0.15) is 38.8 Å². The SMILES string of the molecule is CC(=O)N[C@@H]1[C@@H](O)[C@H](n2cnc3c(NC4CCCC4)ncnc32)O[C@@H]1CO. The van der Waals surface area contributed by atoms with Crippen LogP contribution < -0.4 is 10.6 Å². The maximum Gasteiger partial charge on any atom is 0.217 e. The number of hydrogen-bond acceptors (Lipinski definition) is 8. The van der Waals surface area contributed by atoms with Crippen molar-refractivity contribution in [2.75, 3.05) is 11.9 Å². The van der Waals surface area contributed by atoms with Crippen LogP contribution in [0.3, 0.4) is 0 Å². The molecular weight excluding hydrogens is 352 g/mol. The molecule has 2 aromatic heterocycles. The average Bonchev–Trinajstić information content (AvgIpc) is 3.36. The first kappa shape index (κ1) is 18.1. The second kappa shape index (κ2) is 7.37. The number of aromatic nitrogens is 4. The van der Waals surface area contributed by atoms with Crippen molar-refractivity contribution in [3.63, 3.8) is 0 Å². The maximum atomic E-state index is 11.4. The van der Waals surface area contributed by atoms with E-state index >= 15 is 0 Å². The number of aliphatic hydroxyl groups excluding tert-OH is 2. The Morgan fingerprint density at radius 1 is 1.33 bits per heavy atom. The summed E-state index contributed by atoms with van der Waals surface area (Å²) in [4.78, 5) is 24.4. The Morgan fingerprint density at radius 3 is 2.81 bits per heavy atom. The van der Waals surface area contributed by atoms with Gasteiger partial charge < -0.3 is 25.6 Å². The van der Waals surface area contributed by atoms with Gasteiger partial charge in [0.25, 0.3) is 0 Å². The van der Waals surface area contributed by atoms with Crippen molar-refractivity contribution in [3.8, 4) is 0 Å². The molecule has 2 aromatic rings. The number of rotatable bonds is 5. The highest BCUT2D eigenvalue weighted by Crippen LogP contribution is 2.32. The van der Waals surface area contributed by atoms with Gasteiger partial charge in [0.2, 0.25) is 5.91 Å². The molecule has 4 atom stereocenters. The van der Waals surface area contributed by atoms with Crippen molar-refractivity contribution >= 4 is 22.9 Å². The van der Waals surface area contributed by atoms with Gasteiger partial charge in [0.15, 0.2) is 23.2 Å². The van der Waals surface area contributed by atoms with Crippen LogP contribution in [0.5, 0.6) is 0 Å². The molecule has 1 amide bonds. The van der Waals surface area contributed by atoms with Crippen LogP contribution in [0, 0.1) is 0 Å². The van der Waals surface area contributed by atoms with E-state index in [0.717, 1.165) is 12.8 Å². The van der Waals surface area contributed by atoms with Crippen molar-refractivity contribution in [1.29, 1.82) is 0 Å². The van der Waals surface area contributed by atoms with E-state index in [1.54, 1.807) is 4.57 Å². The summed E-state index contributed by atoms with van der Waals surface area (Å²) in [5, 5.41) is 26.3. The molecule has 10 heteroatoms. The van der Waals surface area contributed by atoms with E-state index < -0.39 is 24.5 Å². The Morgan fingerprint density at radius 2 is 2.11 bits per heavy atom. The van der Waals surface area contributed by atoms with Crippen LogP contribution in [0.4, 0.5) is 5.82 Å². The molecule has 27 heavy (non-hydrogen) atoms. The van der Waals surface area contributed by atoms with Crippen molar-refractivity contribution in [3.05, 3.63) is 12.7 Å². The Hall–Kier alpha value is -2.30. The van der Waals surface area contributed by atoms with Crippen molar-refractivity contribution in [2.45, 2.75) is 63.1 Å². The van der Waals surface area contributed by atoms with Crippen LogP contribution in [0.25, 0.3) is 11.2 Å². The molecule has 0 bridgehead atoms. The third-order valence-corrected chi connectivity index (χ3v) is 5.25. The number of hydrogen-bond donors (Lipinski definition) is 4. The first-order valence-corrected chi connectivity index (χ1v) is 9.24. The molecule has 4 rings (SSSR count). The fraction of sp³-hybridized carbons (Fsp3) is 0.647. The van der Waals surface area contributed by atoms with Crippen LogP contribution in [-0.2, 0) is 9.53 Å². The predicted molar refractivity (Wildman–Crippen MR) is 95.8 cm³/mol. The van der Waals surface area contributed by atoms with E-state index in [-0.39, 0.29) is 12.5 Å². The van der Waals surface area contributed by atoms with E-state index in [4.69, 9.17) is 4.74 Å². The minimum atomic E-state index is -1.05. The lowest BCUT2D eigenvalue weighted by molar-refractivity contribution is -0.120. The third-order valence-electron chi connectivity index (χ3n) is 5.25. The van der Waals surface area contributed by atoms with Gasteiger partial charge in [-0.15, -0.1) is 0 Å². The summed E-state index contributed by atoms with van der Waals surface area (Å²) in [6, 6.07) is -0.336. The summed E-state index contributed by atoms with van der Waals surface area (Å²) in [6.07, 6.45) is 5.02. The standard InChI is InChI=1S/C17H24N6O4/c1-9(25)21-12-11(6-24)27-17(14(12)26)23-8-20-13-15(18-7-19-16(13)23)22-10-4-2-3-5-10/h7-8,10-12,14,17,24,26H,2-6H2,1H3,(H,21,25)(H,18,19,22)/t11-,12+,14-,17-/m1/s1. The summed E-state index contributed by atoms with van der Waals surface area (Å²) >= 11 is 0. The van der Waals surface area contributed by atoms with Crippen molar-refractivity contribution < 1.29 is 19.7 Å². The topological polar surface area (TPSA) is 134 Å². The van der Waals surface area contributed by atoms with E-state index in [2.05, 4.69) is 25.6 Å². The largest absolute Gasteiger partial charge is 0.394 e. The zero-order chi connectivity index (χ0) is 19.0. The maximum absolute atomic E-state index is 11.4. The van der Waals surface area contributed by atoms with Crippen LogP contribution in [0.2, 0.25) is 0 Å². The fourth-order valence-electron chi connectivity index (χ4n) is 3.95. The number of nitrogens with zero attached hydrogens (tertiary/aromatic N) is 4.